The van der Waals surface area contributed by atoms with Crippen LogP contribution in [0, 0.1) is 5.92 Å². The molecule has 2 amide bonds. The van der Waals surface area contributed by atoms with Gasteiger partial charge in [-0.2, -0.15) is 13.2 Å². The van der Waals surface area contributed by atoms with Crippen molar-refractivity contribution >= 4 is 29.4 Å². The van der Waals surface area contributed by atoms with E-state index in [4.69, 9.17) is 21.4 Å². The Morgan fingerprint density at radius 1 is 0.943 bits per heavy atom. The van der Waals surface area contributed by atoms with E-state index in [1.807, 2.05) is 0 Å². The third kappa shape index (κ3) is 7.35. The van der Waals surface area contributed by atoms with Gasteiger partial charge in [0.15, 0.2) is 0 Å². The summed E-state index contributed by atoms with van der Waals surface area (Å²) in [5, 5.41) is 14.4. The highest BCUT2D eigenvalue weighted by atomic mass is 35.5. The third-order valence-corrected chi connectivity index (χ3v) is 5.99. The van der Waals surface area contributed by atoms with E-state index >= 15 is 0 Å². The second kappa shape index (κ2) is 11.4. The van der Waals surface area contributed by atoms with Crippen molar-refractivity contribution in [2.24, 2.45) is 5.92 Å². The molecule has 0 bridgehead atoms. The minimum atomic E-state index is -4.48. The number of hydrogen-bond donors (Lipinski definition) is 3. The van der Waals surface area contributed by atoms with Crippen LogP contribution in [0.25, 0.3) is 0 Å². The molecule has 0 unspecified atom stereocenters. The first-order valence-corrected chi connectivity index (χ1v) is 11.3. The van der Waals surface area contributed by atoms with E-state index in [1.165, 1.54) is 12.1 Å². The summed E-state index contributed by atoms with van der Waals surface area (Å²) in [6.45, 7) is 0.135. The van der Waals surface area contributed by atoms with Gasteiger partial charge < -0.3 is 20.5 Å². The maximum Gasteiger partial charge on any atom is 0.416 e. The lowest BCUT2D eigenvalue weighted by atomic mass is 9.87. The molecule has 0 atom stereocenters. The molecule has 1 fully saturated rings. The summed E-state index contributed by atoms with van der Waals surface area (Å²) in [6.07, 6.45) is -2.27. The Hall–Kier alpha value is -3.27. The quantitative estimate of drug-likeness (QED) is 0.450. The Kier molecular flexibility index (Phi) is 8.61. The molecule has 0 radical (unpaired) electrons. The van der Waals surface area contributed by atoms with E-state index in [2.05, 4.69) is 10.6 Å². The zero-order valence-corrected chi connectivity index (χ0v) is 19.3. The molecule has 3 N–H and O–H groups in total. The molecule has 1 saturated carbocycles. The predicted octanol–water partition coefficient (Wildman–Crippen LogP) is 4.54. The second-order valence-corrected chi connectivity index (χ2v) is 8.57. The van der Waals surface area contributed by atoms with Gasteiger partial charge in [0.25, 0.3) is 11.8 Å². The molecule has 0 aliphatic heterocycles. The van der Waals surface area contributed by atoms with Gasteiger partial charge in [-0.25, -0.2) is 0 Å². The molecular formula is C24H24ClF3N2O5. The Morgan fingerprint density at radius 2 is 1.54 bits per heavy atom. The standard InChI is InChI=1S/C24H24ClF3N2O5/c25-20-13-18(35-17-7-3-15(4-8-17)23(33)34)9-10-19(20)22(32)30-12-11-29-21(31)14-1-5-16(6-2-14)24(26,27)28/h1-2,5-6,9-10,13,15,17H,3-4,7-8,11-12H2,(H,29,31)(H,30,32)(H,33,34). The Morgan fingerprint density at radius 3 is 2.09 bits per heavy atom. The highest BCUT2D eigenvalue weighted by Gasteiger charge is 2.30. The number of halogens is 4. The summed E-state index contributed by atoms with van der Waals surface area (Å²) in [5.74, 6) is -1.68. The molecule has 1 aliphatic carbocycles. The normalized spacial score (nSPS) is 17.9. The van der Waals surface area contributed by atoms with Gasteiger partial charge in [-0.1, -0.05) is 11.6 Å². The van der Waals surface area contributed by atoms with E-state index in [9.17, 15) is 27.6 Å². The molecule has 0 heterocycles. The van der Waals surface area contributed by atoms with Crippen LogP contribution in [0.3, 0.4) is 0 Å². The van der Waals surface area contributed by atoms with Crippen molar-refractivity contribution in [3.05, 3.63) is 64.2 Å². The first-order valence-electron chi connectivity index (χ1n) is 11.0. The molecular weight excluding hydrogens is 489 g/mol. The fraction of sp³-hybridized carbons (Fsp3) is 0.375. The SMILES string of the molecule is O=C(NCCNC(=O)c1ccc(OC2CCC(C(=O)O)CC2)cc1Cl)c1ccc(C(F)(F)F)cc1. The summed E-state index contributed by atoms with van der Waals surface area (Å²) in [6, 6.07) is 8.45. The smallest absolute Gasteiger partial charge is 0.416 e. The number of aliphatic carboxylic acids is 1. The third-order valence-electron chi connectivity index (χ3n) is 5.68. The summed E-state index contributed by atoms with van der Waals surface area (Å²) in [4.78, 5) is 35.5. The van der Waals surface area contributed by atoms with Gasteiger partial charge in [0.1, 0.15) is 5.75 Å². The van der Waals surface area contributed by atoms with Gasteiger partial charge in [-0.15, -0.1) is 0 Å². The summed E-state index contributed by atoms with van der Waals surface area (Å²) < 4.78 is 43.7. The molecule has 2 aromatic rings. The van der Waals surface area contributed by atoms with Crippen LogP contribution < -0.4 is 15.4 Å². The van der Waals surface area contributed by atoms with Crippen molar-refractivity contribution in [2.45, 2.75) is 38.0 Å². The number of nitrogens with one attached hydrogen (secondary N) is 2. The number of alkyl halides is 3. The lowest BCUT2D eigenvalue weighted by Crippen LogP contribution is -2.34. The number of rotatable bonds is 8. The largest absolute Gasteiger partial charge is 0.490 e. The number of amides is 2. The van der Waals surface area contributed by atoms with Crippen LogP contribution in [-0.2, 0) is 11.0 Å². The first kappa shape index (κ1) is 26.3. The molecule has 11 heteroatoms. The van der Waals surface area contributed by atoms with Crippen molar-refractivity contribution in [3.8, 4) is 5.75 Å². The van der Waals surface area contributed by atoms with E-state index in [-0.39, 0.29) is 41.3 Å². The Bertz CT molecular complexity index is 1070. The number of benzene rings is 2. The summed E-state index contributed by atoms with van der Waals surface area (Å²) >= 11 is 6.23. The average Bonchev–Trinajstić information content (AvgIpc) is 2.81. The number of hydrogen-bond acceptors (Lipinski definition) is 4. The number of carbonyl (C=O) groups is 3. The zero-order chi connectivity index (χ0) is 25.6. The maximum absolute atomic E-state index is 12.6. The lowest BCUT2D eigenvalue weighted by Gasteiger charge is -2.26. The molecule has 0 spiro atoms. The summed E-state index contributed by atoms with van der Waals surface area (Å²) in [7, 11) is 0. The van der Waals surface area contributed by atoms with E-state index < -0.39 is 29.5 Å². The highest BCUT2D eigenvalue weighted by molar-refractivity contribution is 6.34. The molecule has 188 valence electrons. The molecule has 7 nitrogen and oxygen atoms in total. The van der Waals surface area contributed by atoms with Crippen LogP contribution in [-0.4, -0.2) is 42.1 Å². The lowest BCUT2D eigenvalue weighted by molar-refractivity contribution is -0.143. The molecule has 2 aromatic carbocycles. The van der Waals surface area contributed by atoms with Crippen LogP contribution in [0.1, 0.15) is 52.0 Å². The Balaban J connectivity index is 1.43. The van der Waals surface area contributed by atoms with Crippen LogP contribution in [0.15, 0.2) is 42.5 Å². The topological polar surface area (TPSA) is 105 Å². The number of carboxylic acids is 1. The zero-order valence-electron chi connectivity index (χ0n) is 18.5. The van der Waals surface area contributed by atoms with Crippen molar-refractivity contribution in [2.75, 3.05) is 13.1 Å². The van der Waals surface area contributed by atoms with E-state index in [1.54, 1.807) is 6.07 Å². The average molecular weight is 513 g/mol. The van der Waals surface area contributed by atoms with Crippen LogP contribution in [0.4, 0.5) is 13.2 Å². The molecule has 1 aliphatic rings. The maximum atomic E-state index is 12.6. The number of ether oxygens (including phenoxy) is 1. The fourth-order valence-corrected chi connectivity index (χ4v) is 3.99. The minimum Gasteiger partial charge on any atom is -0.490 e. The van der Waals surface area contributed by atoms with Crippen molar-refractivity contribution < 1.29 is 37.4 Å². The number of carboxylic acid groups (broad SMARTS) is 1. The van der Waals surface area contributed by atoms with Crippen LogP contribution >= 0.6 is 11.6 Å². The van der Waals surface area contributed by atoms with Gasteiger partial charge in [0, 0.05) is 18.7 Å². The van der Waals surface area contributed by atoms with Gasteiger partial charge in [-0.3, -0.25) is 14.4 Å². The number of carbonyl (C=O) groups excluding carboxylic acids is 2. The Labute approximate surface area is 204 Å². The van der Waals surface area contributed by atoms with Gasteiger partial charge in [0.05, 0.1) is 28.2 Å². The fourth-order valence-electron chi connectivity index (χ4n) is 3.73. The predicted molar refractivity (Wildman–Crippen MR) is 122 cm³/mol. The van der Waals surface area contributed by atoms with Crippen molar-refractivity contribution in [3.63, 3.8) is 0 Å². The second-order valence-electron chi connectivity index (χ2n) is 8.16. The van der Waals surface area contributed by atoms with Gasteiger partial charge in [-0.05, 0) is 68.1 Å². The monoisotopic (exact) mass is 512 g/mol. The first-order chi connectivity index (χ1) is 16.5. The highest BCUT2D eigenvalue weighted by Crippen LogP contribution is 2.30. The molecule has 0 aromatic heterocycles. The van der Waals surface area contributed by atoms with E-state index in [0.717, 1.165) is 24.3 Å². The molecule has 35 heavy (non-hydrogen) atoms. The minimum absolute atomic E-state index is 0.0590. The van der Waals surface area contributed by atoms with Crippen LogP contribution in [0.2, 0.25) is 5.02 Å². The summed E-state index contributed by atoms with van der Waals surface area (Å²) in [5.41, 5.74) is -0.567. The molecule has 3 rings (SSSR count). The molecule has 0 saturated heterocycles. The van der Waals surface area contributed by atoms with Crippen molar-refractivity contribution in [1.29, 1.82) is 0 Å². The van der Waals surface area contributed by atoms with Crippen LogP contribution in [0.5, 0.6) is 5.75 Å². The van der Waals surface area contributed by atoms with Crippen molar-refractivity contribution in [1.82, 2.24) is 10.6 Å². The van der Waals surface area contributed by atoms with Gasteiger partial charge in [0.2, 0.25) is 0 Å². The van der Waals surface area contributed by atoms with Gasteiger partial charge >= 0.3 is 12.1 Å². The van der Waals surface area contributed by atoms with E-state index in [0.29, 0.717) is 31.4 Å².